The Morgan fingerprint density at radius 3 is 2.69 bits per heavy atom. The molecule has 0 saturated carbocycles. The second-order valence-electron chi connectivity index (χ2n) is 10.1. The van der Waals surface area contributed by atoms with Crippen LogP contribution >= 0.6 is 23.2 Å². The zero-order valence-electron chi connectivity index (χ0n) is 23.0. The van der Waals surface area contributed by atoms with Gasteiger partial charge in [0.05, 0.1) is 24.8 Å². The summed E-state index contributed by atoms with van der Waals surface area (Å²) in [5, 5.41) is 2.71. The summed E-state index contributed by atoms with van der Waals surface area (Å²) in [6.45, 7) is 1.30. The Bertz CT molecular complexity index is 1560. The molecule has 1 N–H and O–H groups in total. The second kappa shape index (κ2) is 12.7. The number of halogens is 3. The maximum atomic E-state index is 13.8. The lowest BCUT2D eigenvalue weighted by Crippen LogP contribution is -2.52. The molecule has 1 amide bonds. The topological polar surface area (TPSA) is 93.7 Å². The van der Waals surface area contributed by atoms with Gasteiger partial charge in [-0.3, -0.25) is 19.5 Å². The van der Waals surface area contributed by atoms with Crippen LogP contribution in [0, 0.1) is 0 Å². The number of aromatic nitrogens is 2. The summed E-state index contributed by atoms with van der Waals surface area (Å²) < 4.78 is 24.3. The molecule has 1 aliphatic heterocycles. The van der Waals surface area contributed by atoms with Crippen molar-refractivity contribution < 1.29 is 23.5 Å². The molecule has 2 aliphatic rings. The van der Waals surface area contributed by atoms with E-state index in [-0.39, 0.29) is 12.3 Å². The highest BCUT2D eigenvalue weighted by atomic mass is 35.5. The summed E-state index contributed by atoms with van der Waals surface area (Å²) >= 11 is 13.8. The Balaban J connectivity index is 1.57. The van der Waals surface area contributed by atoms with Crippen LogP contribution < -0.4 is 10.1 Å². The van der Waals surface area contributed by atoms with Crippen LogP contribution in [0.25, 0.3) is 5.57 Å². The van der Waals surface area contributed by atoms with E-state index < -0.39 is 23.0 Å². The normalized spacial score (nSPS) is 20.5. The number of benzene rings is 1. The minimum absolute atomic E-state index is 0.0697. The van der Waals surface area contributed by atoms with Gasteiger partial charge in [0, 0.05) is 49.1 Å². The average molecular weight is 612 g/mol. The molecular formula is C31H29Cl2FN4O4. The first kappa shape index (κ1) is 29.8. The molecule has 218 valence electrons. The molecule has 2 aromatic heterocycles. The highest BCUT2D eigenvalue weighted by Gasteiger charge is 2.45. The van der Waals surface area contributed by atoms with Gasteiger partial charge in [-0.1, -0.05) is 54.1 Å². The van der Waals surface area contributed by atoms with E-state index in [9.17, 15) is 14.0 Å². The Kier molecular flexibility index (Phi) is 9.03. The molecule has 1 fully saturated rings. The number of likely N-dealkylation sites (tertiary alicyclic amines) is 1. The fraction of sp³-hybridized carbons (Fsp3) is 0.290. The van der Waals surface area contributed by atoms with Crippen LogP contribution in [0.2, 0.25) is 5.02 Å². The lowest BCUT2D eigenvalue weighted by molar-refractivity contribution is 0.0582. The third-order valence-electron chi connectivity index (χ3n) is 7.36. The predicted octanol–water partition coefficient (Wildman–Crippen LogP) is 5.14. The van der Waals surface area contributed by atoms with E-state index in [1.54, 1.807) is 24.3 Å². The van der Waals surface area contributed by atoms with Crippen molar-refractivity contribution in [3.05, 3.63) is 106 Å². The van der Waals surface area contributed by atoms with Crippen LogP contribution in [0.4, 0.5) is 4.39 Å². The Labute approximate surface area is 253 Å². The Hall–Kier alpha value is -3.63. The number of nitrogens with one attached hydrogen (secondary N) is 1. The van der Waals surface area contributed by atoms with E-state index >= 15 is 0 Å². The molecule has 2 unspecified atom stereocenters. The van der Waals surface area contributed by atoms with Crippen LogP contribution in [0.3, 0.4) is 0 Å². The Morgan fingerprint density at radius 1 is 1.21 bits per heavy atom. The van der Waals surface area contributed by atoms with Crippen LogP contribution in [0.5, 0.6) is 5.88 Å². The van der Waals surface area contributed by atoms with E-state index in [2.05, 4.69) is 10.3 Å². The number of amides is 1. The number of alkyl halides is 2. The molecule has 0 radical (unpaired) electrons. The third-order valence-corrected chi connectivity index (χ3v) is 8.27. The number of rotatable bonds is 10. The first-order valence-electron chi connectivity index (χ1n) is 13.2. The summed E-state index contributed by atoms with van der Waals surface area (Å²) in [4.78, 5) is 36.3. The van der Waals surface area contributed by atoms with Gasteiger partial charge >= 0.3 is 0 Å². The fourth-order valence-electron chi connectivity index (χ4n) is 5.17. The van der Waals surface area contributed by atoms with Gasteiger partial charge in [0.15, 0.2) is 6.29 Å². The van der Waals surface area contributed by atoms with Gasteiger partial charge in [0.1, 0.15) is 17.4 Å². The van der Waals surface area contributed by atoms with Crippen molar-refractivity contribution >= 4 is 41.0 Å². The third kappa shape index (κ3) is 5.83. The van der Waals surface area contributed by atoms with Gasteiger partial charge in [0.2, 0.25) is 5.88 Å². The highest BCUT2D eigenvalue weighted by molar-refractivity contribution is 6.34. The highest BCUT2D eigenvalue weighted by Crippen LogP contribution is 2.43. The van der Waals surface area contributed by atoms with E-state index in [0.29, 0.717) is 64.8 Å². The van der Waals surface area contributed by atoms with Gasteiger partial charge in [-0.2, -0.15) is 0 Å². The molecule has 0 bridgehead atoms. The first-order chi connectivity index (χ1) is 20.3. The van der Waals surface area contributed by atoms with Crippen LogP contribution in [0.15, 0.2) is 66.9 Å². The number of carbonyl (C=O) groups is 2. The maximum Gasteiger partial charge on any atom is 0.270 e. The lowest BCUT2D eigenvalue weighted by Gasteiger charge is -2.39. The largest absolute Gasteiger partial charge is 0.481 e. The molecule has 1 aliphatic carbocycles. The number of hydrogen-bond donors (Lipinski definition) is 1. The van der Waals surface area contributed by atoms with Crippen molar-refractivity contribution in [2.45, 2.75) is 30.2 Å². The monoisotopic (exact) mass is 610 g/mol. The molecule has 1 aromatic carbocycles. The fourth-order valence-corrected chi connectivity index (χ4v) is 5.84. The summed E-state index contributed by atoms with van der Waals surface area (Å²) in [5.74, 6) is -0.203. The molecule has 42 heavy (non-hydrogen) atoms. The van der Waals surface area contributed by atoms with Crippen LogP contribution in [0.1, 0.15) is 43.2 Å². The molecule has 8 nitrogen and oxygen atoms in total. The predicted molar refractivity (Wildman–Crippen MR) is 159 cm³/mol. The number of pyridine rings is 2. The number of allylic oxidation sites excluding steroid dienone is 2. The van der Waals surface area contributed by atoms with Crippen LogP contribution in [-0.4, -0.2) is 65.9 Å². The van der Waals surface area contributed by atoms with Gasteiger partial charge in [-0.05, 0) is 34.9 Å². The smallest absolute Gasteiger partial charge is 0.270 e. The zero-order valence-corrected chi connectivity index (χ0v) is 24.5. The van der Waals surface area contributed by atoms with Gasteiger partial charge < -0.3 is 14.8 Å². The number of hydrogen-bond acceptors (Lipinski definition) is 7. The van der Waals surface area contributed by atoms with E-state index in [1.807, 2.05) is 35.2 Å². The Morgan fingerprint density at radius 2 is 2.00 bits per heavy atom. The van der Waals surface area contributed by atoms with Crippen LogP contribution in [-0.2, 0) is 23.4 Å². The summed E-state index contributed by atoms with van der Waals surface area (Å²) in [6, 6.07) is 12.4. The van der Waals surface area contributed by atoms with Gasteiger partial charge in [0.25, 0.3) is 5.91 Å². The summed E-state index contributed by atoms with van der Waals surface area (Å²) in [7, 11) is 3.01. The maximum absolute atomic E-state index is 13.8. The lowest BCUT2D eigenvalue weighted by atomic mass is 9.80. The summed E-state index contributed by atoms with van der Waals surface area (Å²) in [6.07, 6.45) is 6.57. The van der Waals surface area contributed by atoms with Crippen molar-refractivity contribution in [1.82, 2.24) is 20.2 Å². The number of ether oxygens (including phenoxy) is 2. The molecule has 1 saturated heterocycles. The minimum atomic E-state index is -1.36. The molecular weight excluding hydrogens is 582 g/mol. The number of carbonyl (C=O) groups excluding carboxylic acids is 2. The molecule has 11 heteroatoms. The standard InChI is InChI=1S/C31H29Cl2FN4O4/c1-41-18-20-12-26(35-13-21(20)17-39)29(40)37-31(11-5-7-24(28(31)33)23-6-3-4-8-25(23)32)27-10-9-19(30(36-27)42-2)14-38-15-22(34)16-38/h3-13,17,22,28H,14-16,18H2,1-2H3,(H,37,40). The first-order valence-corrected chi connectivity index (χ1v) is 14.1. The average Bonchev–Trinajstić information content (AvgIpc) is 2.98. The SMILES string of the molecule is COCc1cc(C(=O)NC2(c3ccc(CN4CC(F)C4)c(OC)n3)C=CC=C(c3ccccc3Cl)C2Cl)ncc1C=O. The van der Waals surface area contributed by atoms with Crippen molar-refractivity contribution in [3.8, 4) is 5.88 Å². The van der Waals surface area contributed by atoms with Gasteiger partial charge in [-0.15, -0.1) is 11.6 Å². The van der Waals surface area contributed by atoms with Crippen molar-refractivity contribution in [3.63, 3.8) is 0 Å². The molecule has 5 rings (SSSR count). The van der Waals surface area contributed by atoms with E-state index in [1.165, 1.54) is 26.5 Å². The molecule has 2 atom stereocenters. The minimum Gasteiger partial charge on any atom is -0.481 e. The molecule has 3 heterocycles. The summed E-state index contributed by atoms with van der Waals surface area (Å²) in [5.41, 5.74) is 2.13. The quantitative estimate of drug-likeness (QED) is 0.251. The zero-order chi connectivity index (χ0) is 29.9. The molecule has 3 aromatic rings. The van der Waals surface area contributed by atoms with E-state index in [4.69, 9.17) is 37.7 Å². The van der Waals surface area contributed by atoms with Crippen molar-refractivity contribution in [2.75, 3.05) is 27.3 Å². The number of aldehydes is 1. The number of nitrogens with zero attached hydrogens (tertiary/aromatic N) is 3. The second-order valence-corrected chi connectivity index (χ2v) is 11.0. The van der Waals surface area contributed by atoms with E-state index in [0.717, 1.165) is 5.56 Å². The van der Waals surface area contributed by atoms with Crippen molar-refractivity contribution in [1.29, 1.82) is 0 Å². The van der Waals surface area contributed by atoms with Crippen molar-refractivity contribution in [2.24, 2.45) is 0 Å². The number of methoxy groups -OCH3 is 2. The molecule has 0 spiro atoms. The van der Waals surface area contributed by atoms with Gasteiger partial charge in [-0.25, -0.2) is 9.37 Å².